The summed E-state index contributed by atoms with van der Waals surface area (Å²) in [4.78, 5) is 4.76. The minimum Gasteiger partial charge on any atom is -0.857 e. The minimum absolute atomic E-state index is 0. The van der Waals surface area contributed by atoms with Gasteiger partial charge in [-0.25, -0.2) is 0 Å². The molecule has 3 aliphatic heterocycles. The summed E-state index contributed by atoms with van der Waals surface area (Å²) >= 11 is 0. The van der Waals surface area contributed by atoms with Crippen LogP contribution >= 0.6 is 0 Å². The number of nitrogens with one attached hydrogen (secondary N) is 2. The van der Waals surface area contributed by atoms with Crippen LogP contribution in [0.1, 0.15) is 39.5 Å². The van der Waals surface area contributed by atoms with Crippen molar-refractivity contribution in [3.63, 3.8) is 0 Å². The van der Waals surface area contributed by atoms with Crippen molar-refractivity contribution in [2.24, 2.45) is 10.9 Å². The van der Waals surface area contributed by atoms with Gasteiger partial charge in [0.2, 0.25) is 0 Å². The molecule has 0 atom stereocenters. The molecule has 0 radical (unpaired) electrons. The van der Waals surface area contributed by atoms with Crippen molar-refractivity contribution in [3.05, 3.63) is 11.3 Å². The van der Waals surface area contributed by atoms with Crippen LogP contribution in [0.2, 0.25) is 0 Å². The van der Waals surface area contributed by atoms with Crippen LogP contribution < -0.4 is 67.1 Å². The Bertz CT molecular complexity index is 319. The van der Waals surface area contributed by atoms with Gasteiger partial charge in [0.25, 0.3) is 0 Å². The molecule has 4 nitrogen and oxygen atoms in total. The van der Waals surface area contributed by atoms with E-state index in [1.165, 1.54) is 43.8 Å². The van der Waals surface area contributed by atoms with Gasteiger partial charge in [0.1, 0.15) is 0 Å². The van der Waals surface area contributed by atoms with Crippen molar-refractivity contribution in [3.8, 4) is 0 Å². The van der Waals surface area contributed by atoms with Gasteiger partial charge < -0.3 is 15.7 Å². The Balaban J connectivity index is 0.000000438. The SMILES string of the molecule is C1CNC1.CC(C)C1=NC2=C(CC1)CNCC2.C[O-].[K+]. The number of rotatable bonds is 1. The topological polar surface area (TPSA) is 59.5 Å². The summed E-state index contributed by atoms with van der Waals surface area (Å²) in [6, 6.07) is 0. The summed E-state index contributed by atoms with van der Waals surface area (Å²) in [5, 5.41) is 14.8. The van der Waals surface area contributed by atoms with E-state index < -0.39 is 0 Å². The molecule has 5 heteroatoms. The molecule has 3 aliphatic rings. The van der Waals surface area contributed by atoms with Crippen molar-refractivity contribution in [1.82, 2.24) is 10.6 Å². The predicted octanol–water partition coefficient (Wildman–Crippen LogP) is -1.92. The molecule has 1 fully saturated rings. The van der Waals surface area contributed by atoms with Crippen LogP contribution in [0.3, 0.4) is 0 Å². The van der Waals surface area contributed by atoms with E-state index in [4.69, 9.17) is 10.1 Å². The van der Waals surface area contributed by atoms with Gasteiger partial charge in [-0.1, -0.05) is 13.8 Å². The van der Waals surface area contributed by atoms with E-state index in [0.717, 1.165) is 26.6 Å². The summed E-state index contributed by atoms with van der Waals surface area (Å²) in [6.07, 6.45) is 4.93. The van der Waals surface area contributed by atoms with Crippen LogP contribution in [0.15, 0.2) is 16.3 Å². The maximum Gasteiger partial charge on any atom is 1.00 e. The number of nitrogens with zero attached hydrogens (tertiary/aromatic N) is 1. The maximum atomic E-state index is 8.25. The molecule has 0 aliphatic carbocycles. The molecule has 3 heterocycles. The van der Waals surface area contributed by atoms with E-state index >= 15 is 0 Å². The Kier molecular flexibility index (Phi) is 13.0. The first kappa shape index (κ1) is 20.9. The molecule has 0 spiro atoms. The fourth-order valence-corrected chi connectivity index (χ4v) is 2.20. The molecular formula is C15H28KN3O. The maximum absolute atomic E-state index is 8.25. The molecule has 3 rings (SSSR count). The molecule has 110 valence electrons. The molecule has 0 saturated carbocycles. The van der Waals surface area contributed by atoms with Crippen molar-refractivity contribution in [2.45, 2.75) is 39.5 Å². The second-order valence-electron chi connectivity index (χ2n) is 5.34. The first-order valence-electron chi connectivity index (χ1n) is 7.38. The fourth-order valence-electron chi connectivity index (χ4n) is 2.20. The quantitative estimate of drug-likeness (QED) is 0.556. The first-order chi connectivity index (χ1) is 9.27. The summed E-state index contributed by atoms with van der Waals surface area (Å²) in [5.41, 5.74) is 4.34. The number of aliphatic imine (C=N–C) groups is 1. The van der Waals surface area contributed by atoms with Crippen LogP contribution in [-0.2, 0) is 0 Å². The molecule has 0 amide bonds. The molecule has 1 saturated heterocycles. The van der Waals surface area contributed by atoms with E-state index in [9.17, 15) is 0 Å². The van der Waals surface area contributed by atoms with E-state index in [1.54, 1.807) is 5.57 Å². The Morgan fingerprint density at radius 1 is 1.00 bits per heavy atom. The van der Waals surface area contributed by atoms with Crippen molar-refractivity contribution >= 4 is 5.71 Å². The third kappa shape index (κ3) is 7.27. The number of hydrogen-bond donors (Lipinski definition) is 2. The van der Waals surface area contributed by atoms with Gasteiger partial charge in [-0.2, -0.15) is 7.11 Å². The van der Waals surface area contributed by atoms with Crippen LogP contribution in [0.5, 0.6) is 0 Å². The Hall–Kier alpha value is 0.926. The molecular weight excluding hydrogens is 277 g/mol. The van der Waals surface area contributed by atoms with Gasteiger partial charge in [0.15, 0.2) is 0 Å². The molecule has 0 aromatic rings. The van der Waals surface area contributed by atoms with Crippen molar-refractivity contribution in [2.75, 3.05) is 33.3 Å². The second kappa shape index (κ2) is 12.5. The van der Waals surface area contributed by atoms with Gasteiger partial charge >= 0.3 is 51.4 Å². The zero-order valence-corrected chi connectivity index (χ0v) is 16.7. The zero-order chi connectivity index (χ0) is 14.1. The monoisotopic (exact) mass is 305 g/mol. The van der Waals surface area contributed by atoms with Gasteiger partial charge in [-0.15, -0.1) is 0 Å². The van der Waals surface area contributed by atoms with E-state index in [2.05, 4.69) is 24.5 Å². The van der Waals surface area contributed by atoms with Crippen LogP contribution in [0.4, 0.5) is 0 Å². The predicted molar refractivity (Wildman–Crippen MR) is 79.4 cm³/mol. The summed E-state index contributed by atoms with van der Waals surface area (Å²) in [6.45, 7) is 9.16. The summed E-state index contributed by atoms with van der Waals surface area (Å²) < 4.78 is 0. The van der Waals surface area contributed by atoms with Crippen molar-refractivity contribution in [1.29, 1.82) is 0 Å². The average Bonchev–Trinajstić information content (AvgIpc) is 2.38. The molecule has 0 unspecified atom stereocenters. The standard InChI is InChI=1S/C11H18N2.C3H7N.CH3O.K/c1-8(2)10-4-3-9-7-12-6-5-11(9)13-10;1-2-4-3-1;1-2;/h8,12H,3-7H2,1-2H3;4H,1-3H2;1H3;/q;;-1;+1. The first-order valence-corrected chi connectivity index (χ1v) is 7.38. The molecule has 0 bridgehead atoms. The fraction of sp³-hybridized carbons (Fsp3) is 0.800. The van der Waals surface area contributed by atoms with Gasteiger partial charge in [0, 0.05) is 30.9 Å². The minimum atomic E-state index is 0. The molecule has 20 heavy (non-hydrogen) atoms. The smallest absolute Gasteiger partial charge is 0.857 e. The van der Waals surface area contributed by atoms with Gasteiger partial charge in [0.05, 0.1) is 0 Å². The van der Waals surface area contributed by atoms with E-state index in [1.807, 2.05) is 0 Å². The normalized spacial score (nSPS) is 20.1. The molecule has 0 aromatic carbocycles. The van der Waals surface area contributed by atoms with Crippen LogP contribution in [-0.4, -0.2) is 39.0 Å². The Morgan fingerprint density at radius 2 is 1.60 bits per heavy atom. The summed E-state index contributed by atoms with van der Waals surface area (Å²) in [7, 11) is 0.750. The summed E-state index contributed by atoms with van der Waals surface area (Å²) in [5.74, 6) is 0.629. The average molecular weight is 306 g/mol. The van der Waals surface area contributed by atoms with E-state index in [0.29, 0.717) is 5.92 Å². The Labute approximate surface area is 166 Å². The van der Waals surface area contributed by atoms with E-state index in [-0.39, 0.29) is 51.4 Å². The molecule has 2 N–H and O–H groups in total. The van der Waals surface area contributed by atoms with Crippen LogP contribution in [0, 0.1) is 5.92 Å². The van der Waals surface area contributed by atoms with Crippen LogP contribution in [0.25, 0.3) is 0 Å². The largest absolute Gasteiger partial charge is 1.00 e. The van der Waals surface area contributed by atoms with Gasteiger partial charge in [-0.05, 0) is 43.8 Å². The second-order valence-corrected chi connectivity index (χ2v) is 5.34. The molecule has 0 aromatic heterocycles. The zero-order valence-electron chi connectivity index (χ0n) is 13.6. The third-order valence-electron chi connectivity index (χ3n) is 3.62. The number of hydrogen-bond acceptors (Lipinski definition) is 4. The Morgan fingerprint density at radius 3 is 2.10 bits per heavy atom. The van der Waals surface area contributed by atoms with Crippen molar-refractivity contribution < 1.29 is 56.5 Å². The van der Waals surface area contributed by atoms with Gasteiger partial charge in [-0.3, -0.25) is 4.99 Å². The third-order valence-corrected chi connectivity index (χ3v) is 3.62.